The van der Waals surface area contributed by atoms with Gasteiger partial charge in [0.1, 0.15) is 0 Å². The highest BCUT2D eigenvalue weighted by atomic mass is 16.6. The number of ether oxygens (including phenoxy) is 1. The molecule has 0 saturated carbocycles. The van der Waals surface area contributed by atoms with E-state index in [-0.39, 0.29) is 29.4 Å². The lowest BCUT2D eigenvalue weighted by atomic mass is 10.1. The van der Waals surface area contributed by atoms with Crippen LogP contribution in [0.1, 0.15) is 12.5 Å². The molecule has 1 rings (SSSR count). The molecule has 17 heavy (non-hydrogen) atoms. The molecule has 0 radical (unpaired) electrons. The van der Waals surface area contributed by atoms with Gasteiger partial charge in [0.05, 0.1) is 24.7 Å². The number of benzene rings is 1. The molecule has 0 atom stereocenters. The highest BCUT2D eigenvalue weighted by molar-refractivity contribution is 5.67. The maximum Gasteiger partial charge on any atom is 0.274 e. The van der Waals surface area contributed by atoms with Gasteiger partial charge in [0, 0.05) is 11.6 Å². The molecular weight excluding hydrogens is 226 g/mol. The molecule has 92 valence electrons. The quantitative estimate of drug-likeness (QED) is 0.616. The summed E-state index contributed by atoms with van der Waals surface area (Å²) in [4.78, 5) is 10.1. The van der Waals surface area contributed by atoms with Crippen molar-refractivity contribution in [3.63, 3.8) is 0 Å². The summed E-state index contributed by atoms with van der Waals surface area (Å²) in [6.07, 6.45) is 1.46. The van der Waals surface area contributed by atoms with Crippen molar-refractivity contribution in [3.05, 3.63) is 33.4 Å². The molecule has 0 aromatic heterocycles. The second kappa shape index (κ2) is 5.31. The van der Waals surface area contributed by atoms with E-state index in [1.165, 1.54) is 19.3 Å². The van der Waals surface area contributed by atoms with Crippen molar-refractivity contribution < 1.29 is 19.9 Å². The zero-order chi connectivity index (χ0) is 13.0. The summed E-state index contributed by atoms with van der Waals surface area (Å²) in [5, 5.41) is 29.3. The van der Waals surface area contributed by atoms with Crippen LogP contribution in [-0.4, -0.2) is 28.9 Å². The Morgan fingerprint density at radius 3 is 2.71 bits per heavy atom. The minimum absolute atomic E-state index is 0.0242. The van der Waals surface area contributed by atoms with Crippen molar-refractivity contribution >= 4 is 11.8 Å². The molecule has 0 saturated heterocycles. The molecule has 0 fully saturated rings. The van der Waals surface area contributed by atoms with Gasteiger partial charge in [0.25, 0.3) is 5.69 Å². The van der Waals surface area contributed by atoms with E-state index in [0.717, 1.165) is 6.07 Å². The second-order valence-electron chi connectivity index (χ2n) is 3.49. The SMILES string of the molecule is COc1cc([N+](=O)[O-])cc(/C=C(\C)CO)c1O. The Hall–Kier alpha value is -2.08. The van der Waals surface area contributed by atoms with Gasteiger partial charge in [-0.05, 0) is 18.6 Å². The third kappa shape index (κ3) is 2.94. The third-order valence-corrected chi connectivity index (χ3v) is 2.17. The number of hydrogen-bond acceptors (Lipinski definition) is 5. The molecule has 0 aliphatic rings. The van der Waals surface area contributed by atoms with Gasteiger partial charge in [-0.25, -0.2) is 0 Å². The molecule has 6 heteroatoms. The average Bonchev–Trinajstić information content (AvgIpc) is 2.31. The fourth-order valence-electron chi connectivity index (χ4n) is 1.30. The summed E-state index contributed by atoms with van der Waals surface area (Å²) >= 11 is 0. The van der Waals surface area contributed by atoms with Crippen LogP contribution in [0.4, 0.5) is 5.69 Å². The van der Waals surface area contributed by atoms with Crippen LogP contribution in [0, 0.1) is 10.1 Å². The number of aromatic hydroxyl groups is 1. The molecule has 1 aromatic carbocycles. The maximum absolute atomic E-state index is 10.7. The number of nitrogens with zero attached hydrogens (tertiary/aromatic N) is 1. The van der Waals surface area contributed by atoms with Crippen LogP contribution < -0.4 is 4.74 Å². The summed E-state index contributed by atoms with van der Waals surface area (Å²) in [5.41, 5.74) is 0.627. The fourth-order valence-corrected chi connectivity index (χ4v) is 1.30. The molecule has 0 amide bonds. The Morgan fingerprint density at radius 2 is 2.24 bits per heavy atom. The summed E-state index contributed by atoms with van der Waals surface area (Å²) in [5.74, 6) is -0.165. The highest BCUT2D eigenvalue weighted by Gasteiger charge is 2.15. The zero-order valence-electron chi connectivity index (χ0n) is 9.51. The van der Waals surface area contributed by atoms with Gasteiger partial charge >= 0.3 is 0 Å². The molecule has 0 spiro atoms. The molecule has 2 N–H and O–H groups in total. The van der Waals surface area contributed by atoms with Gasteiger partial charge < -0.3 is 14.9 Å². The number of phenols is 1. The molecule has 0 bridgehead atoms. The number of methoxy groups -OCH3 is 1. The first-order valence-corrected chi connectivity index (χ1v) is 4.83. The topological polar surface area (TPSA) is 92.8 Å². The molecule has 6 nitrogen and oxygen atoms in total. The van der Waals surface area contributed by atoms with Crippen molar-refractivity contribution in [2.75, 3.05) is 13.7 Å². The molecular formula is C11H13NO5. The van der Waals surface area contributed by atoms with Crippen molar-refractivity contribution in [1.82, 2.24) is 0 Å². The monoisotopic (exact) mass is 239 g/mol. The number of hydrogen-bond donors (Lipinski definition) is 2. The number of rotatable bonds is 4. The Kier molecular flexibility index (Phi) is 4.06. The van der Waals surface area contributed by atoms with Crippen LogP contribution in [0.5, 0.6) is 11.5 Å². The predicted molar refractivity (Wildman–Crippen MR) is 62.1 cm³/mol. The first kappa shape index (κ1) is 13.0. The van der Waals surface area contributed by atoms with E-state index in [2.05, 4.69) is 0 Å². The summed E-state index contributed by atoms with van der Waals surface area (Å²) < 4.78 is 4.85. The normalized spacial score (nSPS) is 11.4. The Labute approximate surface area is 97.9 Å². The van der Waals surface area contributed by atoms with Crippen LogP contribution in [0.15, 0.2) is 17.7 Å². The lowest BCUT2D eigenvalue weighted by molar-refractivity contribution is -0.385. The standard InChI is InChI=1S/C11H13NO5/c1-7(6-13)3-8-4-9(12(15)16)5-10(17-2)11(8)14/h3-5,13-14H,6H2,1-2H3/b7-3+. The molecule has 0 aliphatic heterocycles. The summed E-state index contributed by atoms with van der Waals surface area (Å²) in [7, 11) is 1.31. The molecule has 0 unspecified atom stereocenters. The van der Waals surface area contributed by atoms with E-state index in [9.17, 15) is 15.2 Å². The van der Waals surface area contributed by atoms with Crippen LogP contribution in [0.3, 0.4) is 0 Å². The lowest BCUT2D eigenvalue weighted by Gasteiger charge is -2.07. The van der Waals surface area contributed by atoms with Crippen LogP contribution in [0.2, 0.25) is 0 Å². The molecule has 0 aliphatic carbocycles. The number of non-ortho nitro benzene ring substituents is 1. The van der Waals surface area contributed by atoms with Gasteiger partial charge in [-0.3, -0.25) is 10.1 Å². The molecule has 1 aromatic rings. The van der Waals surface area contributed by atoms with Gasteiger partial charge in [-0.15, -0.1) is 0 Å². The first-order chi connectivity index (χ1) is 7.99. The summed E-state index contributed by atoms with van der Waals surface area (Å²) in [6, 6.07) is 2.36. The fraction of sp³-hybridized carbons (Fsp3) is 0.273. The number of nitro benzene ring substituents is 1. The van der Waals surface area contributed by atoms with E-state index in [4.69, 9.17) is 9.84 Å². The van der Waals surface area contributed by atoms with Crippen LogP contribution in [0.25, 0.3) is 6.08 Å². The average molecular weight is 239 g/mol. The van der Waals surface area contributed by atoms with Crippen molar-refractivity contribution in [2.24, 2.45) is 0 Å². The predicted octanol–water partition coefficient (Wildman–Crippen LogP) is 1.70. The molecule has 0 heterocycles. The lowest BCUT2D eigenvalue weighted by Crippen LogP contribution is -1.93. The van der Waals surface area contributed by atoms with Gasteiger partial charge in [0.15, 0.2) is 11.5 Å². The smallest absolute Gasteiger partial charge is 0.274 e. The minimum atomic E-state index is -0.576. The first-order valence-electron chi connectivity index (χ1n) is 4.83. The van der Waals surface area contributed by atoms with E-state index < -0.39 is 4.92 Å². The van der Waals surface area contributed by atoms with E-state index >= 15 is 0 Å². The maximum atomic E-state index is 10.7. The van der Waals surface area contributed by atoms with Gasteiger partial charge in [0.2, 0.25) is 0 Å². The van der Waals surface area contributed by atoms with Gasteiger partial charge in [-0.1, -0.05) is 0 Å². The highest BCUT2D eigenvalue weighted by Crippen LogP contribution is 2.35. The number of phenolic OH excluding ortho intramolecular Hbond substituents is 1. The largest absolute Gasteiger partial charge is 0.504 e. The number of nitro groups is 1. The van der Waals surface area contributed by atoms with Crippen molar-refractivity contribution in [2.45, 2.75) is 6.92 Å². The third-order valence-electron chi connectivity index (χ3n) is 2.17. The Morgan fingerprint density at radius 1 is 1.59 bits per heavy atom. The Bertz CT molecular complexity index is 467. The summed E-state index contributed by atoms with van der Waals surface area (Å²) in [6.45, 7) is 1.45. The van der Waals surface area contributed by atoms with Gasteiger partial charge in [-0.2, -0.15) is 0 Å². The van der Waals surface area contributed by atoms with E-state index in [0.29, 0.717) is 5.57 Å². The van der Waals surface area contributed by atoms with Crippen molar-refractivity contribution in [3.8, 4) is 11.5 Å². The van der Waals surface area contributed by atoms with Crippen LogP contribution in [-0.2, 0) is 0 Å². The minimum Gasteiger partial charge on any atom is -0.504 e. The number of aliphatic hydroxyl groups excluding tert-OH is 1. The van der Waals surface area contributed by atoms with Crippen LogP contribution >= 0.6 is 0 Å². The zero-order valence-corrected chi connectivity index (χ0v) is 9.51. The Balaban J connectivity index is 3.37. The number of aliphatic hydroxyl groups is 1. The second-order valence-corrected chi connectivity index (χ2v) is 3.49. The van der Waals surface area contributed by atoms with E-state index in [1.54, 1.807) is 6.92 Å². The van der Waals surface area contributed by atoms with Crippen molar-refractivity contribution in [1.29, 1.82) is 0 Å². The van der Waals surface area contributed by atoms with E-state index in [1.807, 2.05) is 0 Å².